The van der Waals surface area contributed by atoms with Crippen molar-refractivity contribution in [2.24, 2.45) is 0 Å². The van der Waals surface area contributed by atoms with E-state index in [-0.39, 0.29) is 16.7 Å². The van der Waals surface area contributed by atoms with Crippen LogP contribution in [0, 0.1) is 5.82 Å². The number of anilines is 1. The summed E-state index contributed by atoms with van der Waals surface area (Å²) >= 11 is 5.17. The quantitative estimate of drug-likeness (QED) is 0.682. The van der Waals surface area contributed by atoms with Crippen molar-refractivity contribution in [2.75, 3.05) is 11.5 Å². The Bertz CT molecular complexity index is 818. The Morgan fingerprint density at radius 3 is 2.58 bits per heavy atom. The molecule has 0 bridgehead atoms. The van der Waals surface area contributed by atoms with Gasteiger partial charge in [0.2, 0.25) is 0 Å². The Hall–Kier alpha value is -2.73. The third-order valence-corrected chi connectivity index (χ3v) is 3.76. The summed E-state index contributed by atoms with van der Waals surface area (Å²) in [6, 6.07) is 13.3. The van der Waals surface area contributed by atoms with Crippen LogP contribution in [0.25, 0.3) is 6.08 Å². The molecule has 1 saturated heterocycles. The highest BCUT2D eigenvalue weighted by Gasteiger charge is 2.33. The van der Waals surface area contributed by atoms with Crippen LogP contribution in [-0.2, 0) is 4.79 Å². The second-order valence-electron chi connectivity index (χ2n) is 5.08. The van der Waals surface area contributed by atoms with Crippen LogP contribution < -0.4 is 15.0 Å². The van der Waals surface area contributed by atoms with Crippen molar-refractivity contribution in [1.82, 2.24) is 5.32 Å². The Balaban J connectivity index is 1.87. The van der Waals surface area contributed by atoms with Gasteiger partial charge in [-0.15, -0.1) is 0 Å². The lowest BCUT2D eigenvalue weighted by Crippen LogP contribution is -2.31. The molecule has 3 rings (SSSR count). The minimum atomic E-state index is -0.502. The van der Waals surface area contributed by atoms with E-state index in [1.807, 2.05) is 31.2 Å². The van der Waals surface area contributed by atoms with Crippen molar-refractivity contribution in [2.45, 2.75) is 6.92 Å². The predicted octanol–water partition coefficient (Wildman–Crippen LogP) is 3.49. The van der Waals surface area contributed by atoms with E-state index in [0.717, 1.165) is 16.2 Å². The summed E-state index contributed by atoms with van der Waals surface area (Å²) in [6.07, 6.45) is 1.67. The summed E-state index contributed by atoms with van der Waals surface area (Å²) in [5, 5.41) is 2.99. The van der Waals surface area contributed by atoms with E-state index >= 15 is 0 Å². The molecule has 0 saturated carbocycles. The van der Waals surface area contributed by atoms with Crippen LogP contribution in [0.5, 0.6) is 5.75 Å². The van der Waals surface area contributed by atoms with Crippen LogP contribution in [0.3, 0.4) is 0 Å². The molecule has 1 fully saturated rings. The Labute approximate surface area is 144 Å². The second-order valence-corrected chi connectivity index (χ2v) is 5.47. The van der Waals surface area contributed by atoms with Crippen molar-refractivity contribution >= 4 is 35.0 Å². The summed E-state index contributed by atoms with van der Waals surface area (Å²) < 4.78 is 19.3. The van der Waals surface area contributed by atoms with Crippen LogP contribution in [0.1, 0.15) is 12.5 Å². The van der Waals surface area contributed by atoms with E-state index in [9.17, 15) is 9.18 Å². The molecular weight excluding hydrogens is 327 g/mol. The van der Waals surface area contributed by atoms with Gasteiger partial charge >= 0.3 is 0 Å². The van der Waals surface area contributed by atoms with E-state index in [1.54, 1.807) is 18.2 Å². The summed E-state index contributed by atoms with van der Waals surface area (Å²) in [5.74, 6) is -0.134. The number of hydrogen-bond donors (Lipinski definition) is 1. The lowest BCUT2D eigenvalue weighted by molar-refractivity contribution is -0.113. The molecule has 1 heterocycles. The largest absolute Gasteiger partial charge is 0.494 e. The summed E-state index contributed by atoms with van der Waals surface area (Å²) in [7, 11) is 0. The van der Waals surface area contributed by atoms with Crippen LogP contribution >= 0.6 is 12.2 Å². The number of halogens is 1. The number of rotatable bonds is 4. The molecular formula is C18H15FN2O2S. The van der Waals surface area contributed by atoms with Gasteiger partial charge in [-0.1, -0.05) is 24.3 Å². The summed E-state index contributed by atoms with van der Waals surface area (Å²) in [4.78, 5) is 13.7. The lowest BCUT2D eigenvalue weighted by Gasteiger charge is -2.14. The Morgan fingerprint density at radius 2 is 1.92 bits per heavy atom. The summed E-state index contributed by atoms with van der Waals surface area (Å²) in [6.45, 7) is 2.50. The van der Waals surface area contributed by atoms with Crippen molar-refractivity contribution in [3.63, 3.8) is 0 Å². The zero-order valence-corrected chi connectivity index (χ0v) is 13.8. The highest BCUT2D eigenvalue weighted by Crippen LogP contribution is 2.25. The first-order valence-electron chi connectivity index (χ1n) is 7.44. The number of benzene rings is 2. The van der Waals surface area contributed by atoms with E-state index in [4.69, 9.17) is 17.0 Å². The fraction of sp³-hybridized carbons (Fsp3) is 0.111. The minimum absolute atomic E-state index is 0.134. The molecule has 1 N–H and O–H groups in total. The van der Waals surface area contributed by atoms with E-state index < -0.39 is 5.82 Å². The molecule has 6 heteroatoms. The molecule has 2 aromatic carbocycles. The molecule has 2 aromatic rings. The molecule has 0 aliphatic carbocycles. The first-order chi connectivity index (χ1) is 11.6. The van der Waals surface area contributed by atoms with Gasteiger partial charge in [-0.25, -0.2) is 9.29 Å². The highest BCUT2D eigenvalue weighted by atomic mass is 32.1. The maximum atomic E-state index is 13.9. The number of hydrogen-bond acceptors (Lipinski definition) is 3. The Morgan fingerprint density at radius 1 is 1.21 bits per heavy atom. The average Bonchev–Trinajstić information content (AvgIpc) is 2.84. The molecule has 0 radical (unpaired) electrons. The minimum Gasteiger partial charge on any atom is -0.494 e. The lowest BCUT2D eigenvalue weighted by atomic mass is 10.2. The van der Waals surface area contributed by atoms with Gasteiger partial charge in [0.1, 0.15) is 17.3 Å². The van der Waals surface area contributed by atoms with Gasteiger partial charge in [0.15, 0.2) is 5.11 Å². The van der Waals surface area contributed by atoms with Gasteiger partial charge in [0.05, 0.1) is 12.3 Å². The van der Waals surface area contributed by atoms with Gasteiger partial charge in [0.25, 0.3) is 5.91 Å². The standard InChI is InChI=1S/C18H15FN2O2S/c1-2-23-13-9-7-12(8-10-13)11-15-17(22)21(18(24)20-15)16-6-4-3-5-14(16)19/h3-11H,2H2,1H3,(H,20,24)/b15-11-. The summed E-state index contributed by atoms with van der Waals surface area (Å²) in [5.41, 5.74) is 1.25. The predicted molar refractivity (Wildman–Crippen MR) is 95.2 cm³/mol. The molecule has 1 aliphatic rings. The zero-order valence-electron chi connectivity index (χ0n) is 13.0. The van der Waals surface area contributed by atoms with E-state index in [2.05, 4.69) is 5.32 Å². The van der Waals surface area contributed by atoms with Crippen molar-refractivity contribution in [3.8, 4) is 5.75 Å². The number of nitrogens with zero attached hydrogens (tertiary/aromatic N) is 1. The molecule has 4 nitrogen and oxygen atoms in total. The Kier molecular flexibility index (Phi) is 4.57. The van der Waals surface area contributed by atoms with Crippen LogP contribution in [0.2, 0.25) is 0 Å². The maximum Gasteiger partial charge on any atom is 0.281 e. The molecule has 0 spiro atoms. The average molecular weight is 342 g/mol. The number of para-hydroxylation sites is 1. The first kappa shape index (κ1) is 16.1. The van der Waals surface area contributed by atoms with Crippen molar-refractivity contribution < 1.29 is 13.9 Å². The second kappa shape index (κ2) is 6.80. The SMILES string of the molecule is CCOc1ccc(/C=C2\NC(=S)N(c3ccccc3F)C2=O)cc1. The monoisotopic (exact) mass is 342 g/mol. The maximum absolute atomic E-state index is 13.9. The van der Waals surface area contributed by atoms with Crippen LogP contribution in [0.15, 0.2) is 54.2 Å². The van der Waals surface area contributed by atoms with Crippen molar-refractivity contribution in [1.29, 1.82) is 0 Å². The van der Waals surface area contributed by atoms with E-state index in [0.29, 0.717) is 12.3 Å². The number of amides is 1. The van der Waals surface area contributed by atoms with Gasteiger partial charge < -0.3 is 10.1 Å². The third kappa shape index (κ3) is 3.14. The molecule has 24 heavy (non-hydrogen) atoms. The van der Waals surface area contributed by atoms with Gasteiger partial charge in [-0.2, -0.15) is 0 Å². The van der Waals surface area contributed by atoms with Crippen LogP contribution in [-0.4, -0.2) is 17.6 Å². The van der Waals surface area contributed by atoms with Crippen LogP contribution in [0.4, 0.5) is 10.1 Å². The van der Waals surface area contributed by atoms with Crippen molar-refractivity contribution in [3.05, 3.63) is 65.6 Å². The third-order valence-electron chi connectivity index (χ3n) is 3.47. The number of thiocarbonyl (C=S) groups is 1. The number of carbonyl (C=O) groups excluding carboxylic acids is 1. The first-order valence-corrected chi connectivity index (χ1v) is 7.85. The number of carbonyl (C=O) groups is 1. The number of nitrogens with one attached hydrogen (secondary N) is 1. The molecule has 0 atom stereocenters. The van der Waals surface area contributed by atoms with Gasteiger partial charge in [0, 0.05) is 0 Å². The molecule has 1 amide bonds. The fourth-order valence-corrected chi connectivity index (χ4v) is 2.67. The van der Waals surface area contributed by atoms with Gasteiger partial charge in [-0.3, -0.25) is 4.79 Å². The number of ether oxygens (including phenoxy) is 1. The van der Waals surface area contributed by atoms with Gasteiger partial charge in [-0.05, 0) is 55.0 Å². The molecule has 0 aromatic heterocycles. The van der Waals surface area contributed by atoms with E-state index in [1.165, 1.54) is 12.1 Å². The normalized spacial score (nSPS) is 15.8. The zero-order chi connectivity index (χ0) is 17.1. The fourth-order valence-electron chi connectivity index (χ4n) is 2.38. The topological polar surface area (TPSA) is 41.6 Å². The molecule has 1 aliphatic heterocycles. The smallest absolute Gasteiger partial charge is 0.281 e. The molecule has 0 unspecified atom stereocenters. The molecule has 122 valence electrons. The highest BCUT2D eigenvalue weighted by molar-refractivity contribution is 7.80.